The molecular formula is C18H22N2. The average molecular weight is 266 g/mol. The summed E-state index contributed by atoms with van der Waals surface area (Å²) >= 11 is 0. The van der Waals surface area contributed by atoms with Gasteiger partial charge in [-0.2, -0.15) is 0 Å². The van der Waals surface area contributed by atoms with E-state index >= 15 is 0 Å². The van der Waals surface area contributed by atoms with Gasteiger partial charge in [-0.3, -0.25) is 4.98 Å². The molecule has 3 rings (SSSR count). The van der Waals surface area contributed by atoms with Gasteiger partial charge in [0.15, 0.2) is 0 Å². The van der Waals surface area contributed by atoms with Crippen molar-refractivity contribution >= 4 is 0 Å². The highest BCUT2D eigenvalue weighted by molar-refractivity contribution is 5.36. The molecule has 1 saturated carbocycles. The molecule has 0 radical (unpaired) electrons. The molecule has 20 heavy (non-hydrogen) atoms. The number of benzene rings is 1. The normalized spacial score (nSPS) is 16.7. The summed E-state index contributed by atoms with van der Waals surface area (Å²) in [6.45, 7) is 2.13. The lowest BCUT2D eigenvalue weighted by Gasteiger charge is -2.27. The van der Waals surface area contributed by atoms with Gasteiger partial charge in [0.2, 0.25) is 0 Å². The Kier molecular flexibility index (Phi) is 3.83. The minimum atomic E-state index is 0.177. The van der Waals surface area contributed by atoms with Crippen molar-refractivity contribution in [1.29, 1.82) is 0 Å². The third-order valence-corrected chi connectivity index (χ3v) is 4.43. The summed E-state index contributed by atoms with van der Waals surface area (Å²) in [6.07, 6.45) is 5.94. The number of hydrogen-bond donors (Lipinski definition) is 1. The molecule has 0 spiro atoms. The molecule has 1 aromatic heterocycles. The van der Waals surface area contributed by atoms with Gasteiger partial charge in [0.1, 0.15) is 0 Å². The molecule has 1 fully saturated rings. The standard InChI is InChI=1S/C18H22N2/c1-13-6-5-11-20-17(13)18(19-2)16-10-4-9-15(12-16)14-7-3-8-14/h4-6,9-12,14,18-19H,3,7-8H2,1-2H3. The van der Waals surface area contributed by atoms with E-state index in [1.165, 1.54) is 36.0 Å². The molecule has 0 bridgehead atoms. The largest absolute Gasteiger partial charge is 0.308 e. The second-order valence-corrected chi connectivity index (χ2v) is 5.73. The number of pyridine rings is 1. The molecule has 2 aromatic rings. The first kappa shape index (κ1) is 13.3. The van der Waals surface area contributed by atoms with E-state index < -0.39 is 0 Å². The van der Waals surface area contributed by atoms with Crippen LogP contribution in [0, 0.1) is 6.92 Å². The lowest BCUT2D eigenvalue weighted by atomic mass is 9.79. The van der Waals surface area contributed by atoms with Crippen molar-refractivity contribution in [2.45, 2.75) is 38.1 Å². The minimum absolute atomic E-state index is 0.177. The van der Waals surface area contributed by atoms with Gasteiger partial charge in [0.25, 0.3) is 0 Å². The molecule has 1 aliphatic carbocycles. The Hall–Kier alpha value is -1.67. The maximum absolute atomic E-state index is 4.57. The highest BCUT2D eigenvalue weighted by atomic mass is 14.9. The molecule has 1 atom stereocenters. The van der Waals surface area contributed by atoms with E-state index in [0.29, 0.717) is 0 Å². The first-order chi connectivity index (χ1) is 9.79. The zero-order chi connectivity index (χ0) is 13.9. The summed E-state index contributed by atoms with van der Waals surface area (Å²) in [5, 5.41) is 3.42. The van der Waals surface area contributed by atoms with Gasteiger partial charge in [-0.05, 0) is 55.5 Å². The molecule has 1 aromatic carbocycles. The van der Waals surface area contributed by atoms with Gasteiger partial charge in [0, 0.05) is 6.20 Å². The Balaban J connectivity index is 1.95. The van der Waals surface area contributed by atoms with Crippen LogP contribution in [0.5, 0.6) is 0 Å². The van der Waals surface area contributed by atoms with Crippen LogP contribution in [-0.2, 0) is 0 Å². The maximum atomic E-state index is 4.57. The maximum Gasteiger partial charge on any atom is 0.0751 e. The predicted molar refractivity (Wildman–Crippen MR) is 82.9 cm³/mol. The average Bonchev–Trinajstić information content (AvgIpc) is 2.40. The van der Waals surface area contributed by atoms with Crippen LogP contribution < -0.4 is 5.32 Å². The first-order valence-corrected chi connectivity index (χ1v) is 7.48. The summed E-state index contributed by atoms with van der Waals surface area (Å²) in [6, 6.07) is 13.3. The molecule has 1 aliphatic rings. The summed E-state index contributed by atoms with van der Waals surface area (Å²) in [5.74, 6) is 0.775. The van der Waals surface area contributed by atoms with Crippen molar-refractivity contribution < 1.29 is 0 Å². The number of rotatable bonds is 4. The Morgan fingerprint density at radius 2 is 2.05 bits per heavy atom. The van der Waals surface area contributed by atoms with Gasteiger partial charge >= 0.3 is 0 Å². The van der Waals surface area contributed by atoms with E-state index in [-0.39, 0.29) is 6.04 Å². The van der Waals surface area contributed by atoms with Crippen molar-refractivity contribution in [3.63, 3.8) is 0 Å². The van der Waals surface area contributed by atoms with Crippen LogP contribution >= 0.6 is 0 Å². The van der Waals surface area contributed by atoms with Crippen LogP contribution in [0.2, 0.25) is 0 Å². The molecule has 2 heteroatoms. The molecule has 0 amide bonds. The number of nitrogens with zero attached hydrogens (tertiary/aromatic N) is 1. The van der Waals surface area contributed by atoms with Crippen LogP contribution in [0.4, 0.5) is 0 Å². The van der Waals surface area contributed by atoms with Crippen molar-refractivity contribution in [1.82, 2.24) is 10.3 Å². The fraction of sp³-hybridized carbons (Fsp3) is 0.389. The van der Waals surface area contributed by atoms with Crippen molar-refractivity contribution in [2.24, 2.45) is 0 Å². The SMILES string of the molecule is CNC(c1cccc(C2CCC2)c1)c1ncccc1C. The van der Waals surface area contributed by atoms with E-state index in [0.717, 1.165) is 11.6 Å². The molecule has 0 saturated heterocycles. The molecule has 104 valence electrons. The van der Waals surface area contributed by atoms with Crippen LogP contribution in [-0.4, -0.2) is 12.0 Å². The molecular weight excluding hydrogens is 244 g/mol. The van der Waals surface area contributed by atoms with E-state index in [1.54, 1.807) is 0 Å². The van der Waals surface area contributed by atoms with Crippen LogP contribution in [0.3, 0.4) is 0 Å². The van der Waals surface area contributed by atoms with Gasteiger partial charge in [0.05, 0.1) is 11.7 Å². The number of aromatic nitrogens is 1. The van der Waals surface area contributed by atoms with Crippen LogP contribution in [0.15, 0.2) is 42.6 Å². The summed E-state index contributed by atoms with van der Waals surface area (Å²) in [4.78, 5) is 4.57. The van der Waals surface area contributed by atoms with Gasteiger partial charge in [-0.1, -0.05) is 36.8 Å². The Morgan fingerprint density at radius 1 is 1.20 bits per heavy atom. The molecule has 1 unspecified atom stereocenters. The lowest BCUT2D eigenvalue weighted by Crippen LogP contribution is -2.20. The van der Waals surface area contributed by atoms with E-state index in [9.17, 15) is 0 Å². The highest BCUT2D eigenvalue weighted by Crippen LogP contribution is 2.37. The third-order valence-electron chi connectivity index (χ3n) is 4.43. The Bertz CT molecular complexity index is 587. The van der Waals surface area contributed by atoms with Gasteiger partial charge in [-0.25, -0.2) is 0 Å². The zero-order valence-corrected chi connectivity index (χ0v) is 12.3. The summed E-state index contributed by atoms with van der Waals surface area (Å²) in [5.41, 5.74) is 5.17. The zero-order valence-electron chi connectivity index (χ0n) is 12.3. The molecule has 1 heterocycles. The fourth-order valence-corrected chi connectivity index (χ4v) is 3.00. The minimum Gasteiger partial charge on any atom is -0.308 e. The number of hydrogen-bond acceptors (Lipinski definition) is 2. The van der Waals surface area contributed by atoms with Gasteiger partial charge < -0.3 is 5.32 Å². The van der Waals surface area contributed by atoms with Crippen molar-refractivity contribution in [3.8, 4) is 0 Å². The predicted octanol–water partition coefficient (Wildman–Crippen LogP) is 3.97. The lowest BCUT2D eigenvalue weighted by molar-refractivity contribution is 0.419. The number of nitrogens with one attached hydrogen (secondary N) is 1. The Labute approximate surface area is 121 Å². The van der Waals surface area contributed by atoms with Crippen LogP contribution in [0.1, 0.15) is 53.6 Å². The van der Waals surface area contributed by atoms with Crippen LogP contribution in [0.25, 0.3) is 0 Å². The molecule has 2 nitrogen and oxygen atoms in total. The monoisotopic (exact) mass is 266 g/mol. The summed E-state index contributed by atoms with van der Waals surface area (Å²) < 4.78 is 0. The molecule has 1 N–H and O–H groups in total. The summed E-state index contributed by atoms with van der Waals surface area (Å²) in [7, 11) is 2.01. The Morgan fingerprint density at radius 3 is 2.70 bits per heavy atom. The van der Waals surface area contributed by atoms with E-state index in [1.807, 2.05) is 19.3 Å². The fourth-order valence-electron chi connectivity index (χ4n) is 3.00. The van der Waals surface area contributed by atoms with Gasteiger partial charge in [-0.15, -0.1) is 0 Å². The van der Waals surface area contributed by atoms with E-state index in [2.05, 4.69) is 47.6 Å². The number of aryl methyl sites for hydroxylation is 1. The van der Waals surface area contributed by atoms with Crippen molar-refractivity contribution in [2.75, 3.05) is 7.05 Å². The smallest absolute Gasteiger partial charge is 0.0751 e. The second-order valence-electron chi connectivity index (χ2n) is 5.73. The quantitative estimate of drug-likeness (QED) is 0.906. The second kappa shape index (κ2) is 5.76. The van der Waals surface area contributed by atoms with Crippen molar-refractivity contribution in [3.05, 3.63) is 65.0 Å². The topological polar surface area (TPSA) is 24.9 Å². The first-order valence-electron chi connectivity index (χ1n) is 7.48. The van der Waals surface area contributed by atoms with E-state index in [4.69, 9.17) is 0 Å². The third kappa shape index (κ3) is 2.48. The molecule has 0 aliphatic heterocycles. The highest BCUT2D eigenvalue weighted by Gasteiger charge is 2.21.